The number of thiazole rings is 1. The Morgan fingerprint density at radius 2 is 1.69 bits per heavy atom. The molecule has 0 spiro atoms. The first-order chi connectivity index (χ1) is 17.4. The maximum Gasteiger partial charge on any atom is 0.291 e. The molecule has 36 heavy (non-hydrogen) atoms. The lowest BCUT2D eigenvalue weighted by molar-refractivity contribution is -0.132. The number of nitrogens with one attached hydrogen (secondary N) is 2. The second kappa shape index (κ2) is 11.8. The number of hydrogen-bond donors (Lipinski definition) is 2. The molecule has 13 heteroatoms. The van der Waals surface area contributed by atoms with Gasteiger partial charge in [-0.2, -0.15) is 0 Å². The molecule has 3 heterocycles. The largest absolute Gasteiger partial charge is 0.497 e. The fourth-order valence-electron chi connectivity index (χ4n) is 3.76. The van der Waals surface area contributed by atoms with Crippen LogP contribution in [0, 0.1) is 0 Å². The lowest BCUT2D eigenvalue weighted by Gasteiger charge is -2.31. The summed E-state index contributed by atoms with van der Waals surface area (Å²) in [5.74, 6) is -0.389. The number of carbonyl (C=O) groups is 4. The topological polar surface area (TPSA) is 143 Å². The minimum absolute atomic E-state index is 0.0411. The van der Waals surface area contributed by atoms with Crippen molar-refractivity contribution < 1.29 is 23.9 Å². The van der Waals surface area contributed by atoms with Crippen molar-refractivity contribution in [1.82, 2.24) is 30.3 Å². The minimum atomic E-state index is -0.560. The van der Waals surface area contributed by atoms with Crippen LogP contribution in [0.5, 0.6) is 5.75 Å². The van der Waals surface area contributed by atoms with E-state index in [9.17, 15) is 19.2 Å². The van der Waals surface area contributed by atoms with Gasteiger partial charge >= 0.3 is 0 Å². The zero-order valence-electron chi connectivity index (χ0n) is 19.4. The number of likely N-dealkylation sites (tertiary alicyclic amines) is 1. The predicted molar refractivity (Wildman–Crippen MR) is 132 cm³/mol. The number of amides is 3. The lowest BCUT2D eigenvalue weighted by Crippen LogP contribution is -2.42. The Morgan fingerprint density at radius 3 is 2.33 bits per heavy atom. The van der Waals surface area contributed by atoms with Gasteiger partial charge < -0.3 is 9.64 Å². The number of nitrogens with zero attached hydrogens (tertiary/aromatic N) is 4. The molecule has 3 amide bonds. The molecule has 2 aromatic heterocycles. The molecule has 1 fully saturated rings. The Bertz CT molecular complexity index is 1220. The van der Waals surface area contributed by atoms with Crippen LogP contribution in [0.2, 0.25) is 0 Å². The molecule has 1 aliphatic heterocycles. The molecule has 1 saturated heterocycles. The Morgan fingerprint density at radius 1 is 1.00 bits per heavy atom. The summed E-state index contributed by atoms with van der Waals surface area (Å²) in [6, 6.07) is 6.85. The van der Waals surface area contributed by atoms with Crippen LogP contribution in [-0.4, -0.2) is 63.2 Å². The van der Waals surface area contributed by atoms with Gasteiger partial charge in [-0.15, -0.1) is 16.4 Å². The Hall–Kier alpha value is -3.71. The molecule has 0 atom stereocenters. The first-order valence-corrected chi connectivity index (χ1v) is 12.9. The highest BCUT2D eigenvalue weighted by molar-refractivity contribution is 7.10. The normalized spacial score (nSPS) is 13.8. The van der Waals surface area contributed by atoms with Gasteiger partial charge in [0.2, 0.25) is 5.91 Å². The van der Waals surface area contributed by atoms with E-state index in [0.717, 1.165) is 29.4 Å². The molecule has 0 radical (unpaired) electrons. The summed E-state index contributed by atoms with van der Waals surface area (Å²) in [6.07, 6.45) is 1.77. The van der Waals surface area contributed by atoms with Crippen molar-refractivity contribution >= 4 is 46.4 Å². The summed E-state index contributed by atoms with van der Waals surface area (Å²) in [4.78, 5) is 55.4. The van der Waals surface area contributed by atoms with E-state index >= 15 is 0 Å². The van der Waals surface area contributed by atoms with Crippen molar-refractivity contribution in [3.63, 3.8) is 0 Å². The summed E-state index contributed by atoms with van der Waals surface area (Å²) >= 11 is 2.41. The number of rotatable bonds is 8. The number of ketones is 1. The maximum absolute atomic E-state index is 12.6. The fraction of sp³-hybridized carbons (Fsp3) is 0.348. The highest BCUT2D eigenvalue weighted by Crippen LogP contribution is 2.30. The molecule has 3 aromatic rings. The molecule has 2 N–H and O–H groups in total. The molecular formula is C23H24N6O5S2. The van der Waals surface area contributed by atoms with E-state index in [-0.39, 0.29) is 41.8 Å². The number of methoxy groups -OCH3 is 1. The molecule has 188 valence electrons. The van der Waals surface area contributed by atoms with Gasteiger partial charge in [0.15, 0.2) is 11.5 Å². The molecule has 11 nitrogen and oxygen atoms in total. The lowest BCUT2D eigenvalue weighted by atomic mass is 9.97. The average Bonchev–Trinajstić information content (AvgIpc) is 3.63. The highest BCUT2D eigenvalue weighted by Gasteiger charge is 2.26. The Balaban J connectivity index is 1.21. The van der Waals surface area contributed by atoms with Gasteiger partial charge in [-0.25, -0.2) is 4.98 Å². The summed E-state index contributed by atoms with van der Waals surface area (Å²) in [6.45, 7) is 1.14. The van der Waals surface area contributed by atoms with Gasteiger partial charge in [0.05, 0.1) is 12.1 Å². The highest BCUT2D eigenvalue weighted by atomic mass is 32.1. The van der Waals surface area contributed by atoms with Gasteiger partial charge in [-0.1, -0.05) is 4.49 Å². The summed E-state index contributed by atoms with van der Waals surface area (Å²) in [5, 5.41) is 7.56. The molecule has 0 aliphatic carbocycles. The fourth-order valence-corrected chi connectivity index (χ4v) is 5.17. The number of carbonyl (C=O) groups excluding carboxylic acids is 4. The quantitative estimate of drug-likeness (QED) is 0.335. The van der Waals surface area contributed by atoms with E-state index < -0.39 is 11.8 Å². The van der Waals surface area contributed by atoms with Crippen LogP contribution in [0.3, 0.4) is 0 Å². The molecule has 0 unspecified atom stereocenters. The number of benzene rings is 1. The van der Waals surface area contributed by atoms with Crippen molar-refractivity contribution in [3.05, 3.63) is 57.0 Å². The third-order valence-corrected chi connectivity index (χ3v) is 7.32. The first kappa shape index (κ1) is 25.4. The van der Waals surface area contributed by atoms with E-state index in [2.05, 4.69) is 25.4 Å². The number of aromatic nitrogens is 3. The second-order valence-corrected chi connectivity index (χ2v) is 9.58. The molecule has 1 aliphatic rings. The van der Waals surface area contributed by atoms with Crippen LogP contribution in [0.4, 0.5) is 0 Å². The zero-order chi connectivity index (χ0) is 25.5. The van der Waals surface area contributed by atoms with E-state index in [1.165, 1.54) is 16.7 Å². The third-order valence-electron chi connectivity index (χ3n) is 5.81. The average molecular weight is 529 g/mol. The monoisotopic (exact) mass is 528 g/mol. The van der Waals surface area contributed by atoms with E-state index in [1.54, 1.807) is 41.7 Å². The van der Waals surface area contributed by atoms with Gasteiger partial charge in [0, 0.05) is 48.2 Å². The molecule has 0 saturated carbocycles. The van der Waals surface area contributed by atoms with Gasteiger partial charge in [0.1, 0.15) is 11.4 Å². The van der Waals surface area contributed by atoms with Crippen molar-refractivity contribution in [2.75, 3.05) is 20.2 Å². The number of ether oxygens (including phenoxy) is 1. The van der Waals surface area contributed by atoms with Crippen molar-refractivity contribution in [2.45, 2.75) is 31.6 Å². The molecular weight excluding hydrogens is 504 g/mol. The predicted octanol–water partition coefficient (Wildman–Crippen LogP) is 2.45. The second-order valence-electron chi connectivity index (χ2n) is 8.08. The minimum Gasteiger partial charge on any atom is -0.497 e. The van der Waals surface area contributed by atoms with E-state index in [1.807, 2.05) is 0 Å². The smallest absolute Gasteiger partial charge is 0.291 e. The van der Waals surface area contributed by atoms with E-state index in [0.29, 0.717) is 24.4 Å². The van der Waals surface area contributed by atoms with Crippen LogP contribution in [0.25, 0.3) is 0 Å². The van der Waals surface area contributed by atoms with Crippen LogP contribution >= 0.6 is 22.9 Å². The van der Waals surface area contributed by atoms with E-state index in [4.69, 9.17) is 4.74 Å². The van der Waals surface area contributed by atoms with Crippen molar-refractivity contribution in [3.8, 4) is 5.75 Å². The van der Waals surface area contributed by atoms with Crippen LogP contribution in [-0.2, 0) is 4.79 Å². The number of Topliss-reactive ketones (excluding diaryl/α,β-unsaturated/α-hetero) is 1. The first-order valence-electron chi connectivity index (χ1n) is 11.2. The molecule has 1 aromatic carbocycles. The number of hydrogen-bond acceptors (Lipinski definition) is 10. The van der Waals surface area contributed by atoms with Gasteiger partial charge in [0.25, 0.3) is 11.8 Å². The number of hydrazine groups is 1. The number of piperidine rings is 1. The van der Waals surface area contributed by atoms with Crippen molar-refractivity contribution in [2.24, 2.45) is 0 Å². The van der Waals surface area contributed by atoms with Gasteiger partial charge in [-0.3, -0.25) is 30.0 Å². The van der Waals surface area contributed by atoms with Crippen LogP contribution in [0.15, 0.2) is 35.0 Å². The van der Waals surface area contributed by atoms with Gasteiger partial charge in [-0.05, 0) is 48.6 Å². The molecule has 4 rings (SSSR count). The van der Waals surface area contributed by atoms with Crippen LogP contribution < -0.4 is 15.6 Å². The maximum atomic E-state index is 12.6. The third kappa shape index (κ3) is 6.29. The van der Waals surface area contributed by atoms with Crippen LogP contribution in [0.1, 0.15) is 67.9 Å². The summed E-state index contributed by atoms with van der Waals surface area (Å²) in [5.41, 5.74) is 5.49. The van der Waals surface area contributed by atoms with Crippen molar-refractivity contribution in [1.29, 1.82) is 0 Å². The summed E-state index contributed by atoms with van der Waals surface area (Å²) in [7, 11) is 1.56. The Kier molecular flexibility index (Phi) is 8.33. The Labute approximate surface area is 215 Å². The standard InChI is InChI=1S/C23H24N6O5S2/c1-34-16-4-2-14(3-5-16)19(30)6-7-20(31)29-10-8-15(9-11-29)23-24-17(12-35-23)21(32)26-27-22(33)18-13-36-28-25-18/h2-5,12-13,15H,6-11H2,1H3,(H,26,32)(H,27,33). The summed E-state index contributed by atoms with van der Waals surface area (Å²) < 4.78 is 8.70. The SMILES string of the molecule is COc1ccc(C(=O)CCC(=O)N2CCC(c3nc(C(=O)NNC(=O)c4csnn4)cs3)CC2)cc1. The molecule has 0 bridgehead atoms. The zero-order valence-corrected chi connectivity index (χ0v) is 21.1.